The van der Waals surface area contributed by atoms with Gasteiger partial charge in [-0.15, -0.1) is 11.3 Å². The van der Waals surface area contributed by atoms with Gasteiger partial charge < -0.3 is 9.80 Å². The number of hydrogen-bond acceptors (Lipinski definition) is 5. The Labute approximate surface area is 141 Å². The summed E-state index contributed by atoms with van der Waals surface area (Å²) in [5.74, 6) is 0.166. The van der Waals surface area contributed by atoms with Gasteiger partial charge in [-0.3, -0.25) is 4.79 Å². The Balaban J connectivity index is 1.57. The zero-order valence-corrected chi connectivity index (χ0v) is 15.0. The van der Waals surface area contributed by atoms with Crippen molar-refractivity contribution < 1.29 is 13.2 Å². The van der Waals surface area contributed by atoms with Gasteiger partial charge >= 0.3 is 0 Å². The molecule has 0 bridgehead atoms. The maximum atomic E-state index is 12.6. The molecule has 3 rings (SSSR count). The number of piperidine rings is 1. The minimum Gasteiger partial charge on any atom is -0.340 e. The Morgan fingerprint density at radius 3 is 2.35 bits per heavy atom. The van der Waals surface area contributed by atoms with E-state index < -0.39 is 10.0 Å². The monoisotopic (exact) mass is 357 g/mol. The van der Waals surface area contributed by atoms with Crippen LogP contribution in [0.15, 0.2) is 21.7 Å². The zero-order chi connectivity index (χ0) is 16.4. The quantitative estimate of drug-likeness (QED) is 0.807. The fourth-order valence-electron chi connectivity index (χ4n) is 3.17. The predicted molar refractivity (Wildman–Crippen MR) is 89.9 cm³/mol. The largest absolute Gasteiger partial charge is 0.340 e. The second-order valence-electron chi connectivity index (χ2n) is 6.24. The van der Waals surface area contributed by atoms with E-state index in [-0.39, 0.29) is 11.8 Å². The van der Waals surface area contributed by atoms with Gasteiger partial charge in [0, 0.05) is 45.2 Å². The van der Waals surface area contributed by atoms with Crippen LogP contribution in [0.5, 0.6) is 0 Å². The third-order valence-corrected chi connectivity index (χ3v) is 7.98. The molecule has 2 aliphatic rings. The van der Waals surface area contributed by atoms with Crippen LogP contribution in [0.25, 0.3) is 0 Å². The minimum absolute atomic E-state index is 0.0341. The minimum atomic E-state index is -3.38. The molecule has 0 unspecified atom stereocenters. The molecular formula is C15H23N3O3S2. The molecule has 2 aliphatic heterocycles. The molecule has 1 aromatic rings. The van der Waals surface area contributed by atoms with Gasteiger partial charge in [-0.25, -0.2) is 8.42 Å². The molecule has 6 nitrogen and oxygen atoms in total. The number of amides is 1. The Bertz CT molecular complexity index is 629. The van der Waals surface area contributed by atoms with Crippen LogP contribution in [-0.2, 0) is 14.8 Å². The first-order valence-electron chi connectivity index (χ1n) is 7.99. The highest BCUT2D eigenvalue weighted by atomic mass is 32.2. The SMILES string of the molecule is CN1CCN(C(=O)C2CCN(S(=O)(=O)c3cccs3)CC2)CC1. The van der Waals surface area contributed by atoms with Gasteiger partial charge in [0.15, 0.2) is 0 Å². The lowest BCUT2D eigenvalue weighted by Gasteiger charge is -2.37. The van der Waals surface area contributed by atoms with Crippen LogP contribution in [0.3, 0.4) is 0 Å². The van der Waals surface area contributed by atoms with Crippen LogP contribution in [0.1, 0.15) is 12.8 Å². The molecule has 128 valence electrons. The number of thiophene rings is 1. The highest BCUT2D eigenvalue weighted by Gasteiger charge is 2.34. The molecule has 0 aliphatic carbocycles. The van der Waals surface area contributed by atoms with Gasteiger partial charge in [0.05, 0.1) is 0 Å². The maximum absolute atomic E-state index is 12.6. The Kier molecular flexibility index (Phi) is 5.05. The maximum Gasteiger partial charge on any atom is 0.252 e. The molecular weight excluding hydrogens is 334 g/mol. The van der Waals surface area contributed by atoms with Crippen LogP contribution in [0.4, 0.5) is 0 Å². The van der Waals surface area contributed by atoms with Crippen molar-refractivity contribution in [3.63, 3.8) is 0 Å². The first-order chi connectivity index (χ1) is 11.0. The van der Waals surface area contributed by atoms with Crippen molar-refractivity contribution in [3.05, 3.63) is 17.5 Å². The van der Waals surface area contributed by atoms with E-state index in [0.29, 0.717) is 30.1 Å². The van der Waals surface area contributed by atoms with Gasteiger partial charge in [0.25, 0.3) is 10.0 Å². The first kappa shape index (κ1) is 16.9. The summed E-state index contributed by atoms with van der Waals surface area (Å²) < 4.78 is 26.9. The van der Waals surface area contributed by atoms with Crippen molar-refractivity contribution >= 4 is 27.3 Å². The van der Waals surface area contributed by atoms with E-state index in [1.807, 2.05) is 4.90 Å². The molecule has 23 heavy (non-hydrogen) atoms. The number of nitrogens with zero attached hydrogens (tertiary/aromatic N) is 3. The van der Waals surface area contributed by atoms with Crippen molar-refractivity contribution in [1.82, 2.24) is 14.1 Å². The van der Waals surface area contributed by atoms with Crippen molar-refractivity contribution in [2.24, 2.45) is 5.92 Å². The smallest absolute Gasteiger partial charge is 0.252 e. The Morgan fingerprint density at radius 1 is 1.13 bits per heavy atom. The second-order valence-corrected chi connectivity index (χ2v) is 9.35. The Morgan fingerprint density at radius 2 is 1.78 bits per heavy atom. The molecule has 0 spiro atoms. The molecule has 2 fully saturated rings. The predicted octanol–water partition coefficient (Wildman–Crippen LogP) is 0.923. The lowest BCUT2D eigenvalue weighted by Crippen LogP contribution is -2.50. The van der Waals surface area contributed by atoms with Crippen LogP contribution in [0.2, 0.25) is 0 Å². The number of carbonyl (C=O) groups is 1. The number of likely N-dealkylation sites (N-methyl/N-ethyl adjacent to an activating group) is 1. The molecule has 0 saturated carbocycles. The van der Waals surface area contributed by atoms with E-state index in [1.54, 1.807) is 17.5 Å². The lowest BCUT2D eigenvalue weighted by atomic mass is 9.96. The summed E-state index contributed by atoms with van der Waals surface area (Å²) in [4.78, 5) is 16.7. The second kappa shape index (κ2) is 6.88. The third-order valence-electron chi connectivity index (χ3n) is 4.71. The van der Waals surface area contributed by atoms with Crippen molar-refractivity contribution in [3.8, 4) is 0 Å². The van der Waals surface area contributed by atoms with Crippen molar-refractivity contribution in [1.29, 1.82) is 0 Å². The highest BCUT2D eigenvalue weighted by Crippen LogP contribution is 2.27. The van der Waals surface area contributed by atoms with Gasteiger partial charge in [0.1, 0.15) is 4.21 Å². The number of rotatable bonds is 3. The van der Waals surface area contributed by atoms with Gasteiger partial charge in [-0.2, -0.15) is 4.31 Å². The molecule has 0 radical (unpaired) electrons. The van der Waals surface area contributed by atoms with Gasteiger partial charge in [-0.1, -0.05) is 6.07 Å². The van der Waals surface area contributed by atoms with E-state index >= 15 is 0 Å². The summed E-state index contributed by atoms with van der Waals surface area (Å²) in [6, 6.07) is 3.39. The van der Waals surface area contributed by atoms with Crippen LogP contribution in [-0.4, -0.2) is 74.7 Å². The molecule has 2 saturated heterocycles. The summed E-state index contributed by atoms with van der Waals surface area (Å²) in [7, 11) is -1.31. The van der Waals surface area contributed by atoms with Crippen LogP contribution >= 0.6 is 11.3 Å². The van der Waals surface area contributed by atoms with Crippen LogP contribution in [0, 0.1) is 5.92 Å². The van der Waals surface area contributed by atoms with E-state index in [0.717, 1.165) is 26.2 Å². The summed E-state index contributed by atoms with van der Waals surface area (Å²) in [6.45, 7) is 4.26. The number of hydrogen-bond donors (Lipinski definition) is 0. The molecule has 0 N–H and O–H groups in total. The van der Waals surface area contributed by atoms with Crippen LogP contribution < -0.4 is 0 Å². The topological polar surface area (TPSA) is 60.9 Å². The number of sulfonamides is 1. The van der Waals surface area contributed by atoms with Gasteiger partial charge in [0.2, 0.25) is 5.91 Å². The molecule has 1 amide bonds. The molecule has 1 aromatic heterocycles. The van der Waals surface area contributed by atoms with E-state index in [4.69, 9.17) is 0 Å². The average molecular weight is 358 g/mol. The van der Waals surface area contributed by atoms with E-state index in [9.17, 15) is 13.2 Å². The fourth-order valence-corrected chi connectivity index (χ4v) is 5.78. The fraction of sp³-hybridized carbons (Fsp3) is 0.667. The molecule has 3 heterocycles. The lowest BCUT2D eigenvalue weighted by molar-refractivity contribution is -0.138. The summed E-state index contributed by atoms with van der Waals surface area (Å²) in [5.41, 5.74) is 0. The van der Waals surface area contributed by atoms with Crippen molar-refractivity contribution in [2.75, 3.05) is 46.3 Å². The van der Waals surface area contributed by atoms with Crippen molar-refractivity contribution in [2.45, 2.75) is 17.1 Å². The van der Waals surface area contributed by atoms with E-state index in [2.05, 4.69) is 11.9 Å². The van der Waals surface area contributed by atoms with Gasteiger partial charge in [-0.05, 0) is 31.3 Å². The average Bonchev–Trinajstić information content (AvgIpc) is 3.10. The third kappa shape index (κ3) is 3.60. The molecule has 0 aromatic carbocycles. The summed E-state index contributed by atoms with van der Waals surface area (Å²) >= 11 is 1.24. The normalized spacial score (nSPS) is 22.4. The standard InChI is InChI=1S/C15H23N3O3S2/c1-16-8-10-17(11-9-16)15(19)13-4-6-18(7-5-13)23(20,21)14-3-2-12-22-14/h2-3,12-13H,4-11H2,1H3. The molecule has 0 atom stereocenters. The molecule has 8 heteroatoms. The number of piperazine rings is 1. The zero-order valence-electron chi connectivity index (χ0n) is 13.3. The summed E-state index contributed by atoms with van der Waals surface area (Å²) in [5, 5.41) is 1.77. The Hall–Kier alpha value is -0.960. The summed E-state index contributed by atoms with van der Waals surface area (Å²) in [6.07, 6.45) is 1.24. The first-order valence-corrected chi connectivity index (χ1v) is 10.3. The van der Waals surface area contributed by atoms with E-state index in [1.165, 1.54) is 15.6 Å². The highest BCUT2D eigenvalue weighted by molar-refractivity contribution is 7.91. The number of carbonyl (C=O) groups excluding carboxylic acids is 1.